The van der Waals surface area contributed by atoms with Crippen LogP contribution in [0.25, 0.3) is 0 Å². The Morgan fingerprint density at radius 2 is 2.14 bits per heavy atom. The van der Waals surface area contributed by atoms with E-state index in [2.05, 4.69) is 12.2 Å². The number of nitrogens with zero attached hydrogens (tertiary/aromatic N) is 1. The van der Waals surface area contributed by atoms with E-state index in [4.69, 9.17) is 10.00 Å². The number of ether oxygens (including phenoxy) is 1. The predicted molar refractivity (Wildman–Crippen MR) is 86.4 cm³/mol. The van der Waals surface area contributed by atoms with Crippen molar-refractivity contribution in [3.63, 3.8) is 0 Å². The Morgan fingerprint density at radius 3 is 2.77 bits per heavy atom. The highest BCUT2D eigenvalue weighted by Gasteiger charge is 2.34. The summed E-state index contributed by atoms with van der Waals surface area (Å²) >= 11 is 0. The van der Waals surface area contributed by atoms with E-state index < -0.39 is 6.10 Å². The van der Waals surface area contributed by atoms with E-state index in [1.807, 2.05) is 30.3 Å². The molecule has 4 heteroatoms. The van der Waals surface area contributed by atoms with Gasteiger partial charge in [0.1, 0.15) is 11.8 Å². The van der Waals surface area contributed by atoms with E-state index in [0.717, 1.165) is 32.4 Å². The molecule has 1 aliphatic rings. The molecule has 4 nitrogen and oxygen atoms in total. The quantitative estimate of drug-likeness (QED) is 0.848. The van der Waals surface area contributed by atoms with Crippen molar-refractivity contribution in [1.82, 2.24) is 5.32 Å². The van der Waals surface area contributed by atoms with Crippen molar-refractivity contribution in [3.8, 4) is 11.8 Å². The molecule has 120 valence electrons. The number of rotatable bonds is 6. The monoisotopic (exact) mass is 302 g/mol. The molecule has 3 atom stereocenters. The van der Waals surface area contributed by atoms with E-state index in [-0.39, 0.29) is 11.5 Å². The van der Waals surface area contributed by atoms with Crippen molar-refractivity contribution in [2.75, 3.05) is 6.54 Å². The molecule has 3 unspecified atom stereocenters. The first-order chi connectivity index (χ1) is 10.5. The third-order valence-electron chi connectivity index (χ3n) is 4.56. The number of nitriles is 1. The van der Waals surface area contributed by atoms with Crippen molar-refractivity contribution in [3.05, 3.63) is 29.8 Å². The molecule has 0 aliphatic heterocycles. The lowest BCUT2D eigenvalue weighted by Gasteiger charge is -2.38. The first-order valence-corrected chi connectivity index (χ1v) is 8.07. The summed E-state index contributed by atoms with van der Waals surface area (Å²) in [5.41, 5.74) is 1.16. The largest absolute Gasteiger partial charge is 0.476 e. The molecule has 0 saturated heterocycles. The van der Waals surface area contributed by atoms with Gasteiger partial charge in [0.2, 0.25) is 0 Å². The second kappa shape index (κ2) is 7.62. The van der Waals surface area contributed by atoms with Crippen molar-refractivity contribution >= 4 is 0 Å². The summed E-state index contributed by atoms with van der Waals surface area (Å²) in [6.45, 7) is 5.50. The van der Waals surface area contributed by atoms with Gasteiger partial charge in [0.25, 0.3) is 0 Å². The standard InChI is InChI=1S/C18H26N2O2/c1-14(11-19)22-16-8-6-15(7-9-16)12-20-13-18(2)10-4-3-5-17(18)21/h6-9,14,17,20-21H,3-5,10,12-13H2,1-2H3. The van der Waals surface area contributed by atoms with Crippen LogP contribution in [-0.4, -0.2) is 23.9 Å². The fourth-order valence-corrected chi connectivity index (χ4v) is 3.00. The number of aliphatic hydroxyl groups excluding tert-OH is 1. The van der Waals surface area contributed by atoms with E-state index in [0.29, 0.717) is 5.75 Å². The van der Waals surface area contributed by atoms with Crippen LogP contribution in [0.1, 0.15) is 45.1 Å². The Hall–Kier alpha value is -1.57. The minimum absolute atomic E-state index is 0.0104. The third-order valence-corrected chi connectivity index (χ3v) is 4.56. The fourth-order valence-electron chi connectivity index (χ4n) is 3.00. The van der Waals surface area contributed by atoms with Crippen molar-refractivity contribution in [2.45, 2.75) is 58.3 Å². The molecule has 0 spiro atoms. The zero-order valence-electron chi connectivity index (χ0n) is 13.5. The molecule has 0 radical (unpaired) electrons. The van der Waals surface area contributed by atoms with Gasteiger partial charge in [-0.25, -0.2) is 0 Å². The minimum Gasteiger partial charge on any atom is -0.476 e. The third kappa shape index (κ3) is 4.46. The molecular formula is C18H26N2O2. The van der Waals surface area contributed by atoms with Crippen molar-refractivity contribution in [2.24, 2.45) is 5.41 Å². The lowest BCUT2D eigenvalue weighted by atomic mass is 9.73. The first kappa shape index (κ1) is 16.8. The van der Waals surface area contributed by atoms with Gasteiger partial charge in [-0.1, -0.05) is 31.9 Å². The highest BCUT2D eigenvalue weighted by atomic mass is 16.5. The lowest BCUT2D eigenvalue weighted by Crippen LogP contribution is -2.43. The maximum atomic E-state index is 10.2. The molecule has 2 N–H and O–H groups in total. The SMILES string of the molecule is CC(C#N)Oc1ccc(CNCC2(C)CCCCC2O)cc1. The summed E-state index contributed by atoms with van der Waals surface area (Å²) in [6, 6.07) is 9.84. The first-order valence-electron chi connectivity index (χ1n) is 8.07. The van der Waals surface area contributed by atoms with Crippen molar-refractivity contribution in [1.29, 1.82) is 5.26 Å². The molecule has 0 bridgehead atoms. The van der Waals surface area contributed by atoms with E-state index in [1.165, 1.54) is 12.0 Å². The van der Waals surface area contributed by atoms with E-state index >= 15 is 0 Å². The number of hydrogen-bond acceptors (Lipinski definition) is 4. The number of hydrogen-bond donors (Lipinski definition) is 2. The normalized spacial score (nSPS) is 26.2. The molecule has 0 aromatic heterocycles. The van der Waals surface area contributed by atoms with Gasteiger partial charge < -0.3 is 15.2 Å². The number of nitrogens with one attached hydrogen (secondary N) is 1. The van der Waals surface area contributed by atoms with Gasteiger partial charge in [-0.3, -0.25) is 0 Å². The van der Waals surface area contributed by atoms with Crippen LogP contribution in [0.4, 0.5) is 0 Å². The molecule has 1 aromatic carbocycles. The van der Waals surface area contributed by atoms with Gasteiger partial charge in [-0.2, -0.15) is 5.26 Å². The molecule has 0 heterocycles. The zero-order chi connectivity index (χ0) is 16.0. The number of benzene rings is 1. The summed E-state index contributed by atoms with van der Waals surface area (Å²) in [4.78, 5) is 0. The maximum absolute atomic E-state index is 10.2. The smallest absolute Gasteiger partial charge is 0.181 e. The Labute approximate surface area is 133 Å². The average Bonchev–Trinajstić information content (AvgIpc) is 2.52. The van der Waals surface area contributed by atoms with Gasteiger partial charge in [0, 0.05) is 18.5 Å². The highest BCUT2D eigenvalue weighted by Crippen LogP contribution is 2.35. The van der Waals surface area contributed by atoms with Crippen LogP contribution >= 0.6 is 0 Å². The Morgan fingerprint density at radius 1 is 1.41 bits per heavy atom. The maximum Gasteiger partial charge on any atom is 0.181 e. The predicted octanol–water partition coefficient (Wildman–Crippen LogP) is 3.01. The van der Waals surface area contributed by atoms with Gasteiger partial charge in [-0.05, 0) is 37.5 Å². The van der Waals surface area contributed by atoms with Gasteiger partial charge >= 0.3 is 0 Å². The van der Waals surface area contributed by atoms with E-state index in [9.17, 15) is 5.11 Å². The van der Waals surface area contributed by atoms with Crippen LogP contribution in [0.3, 0.4) is 0 Å². The Balaban J connectivity index is 1.81. The molecular weight excluding hydrogens is 276 g/mol. The molecule has 0 amide bonds. The van der Waals surface area contributed by atoms with Crippen LogP contribution < -0.4 is 10.1 Å². The van der Waals surface area contributed by atoms with Gasteiger partial charge in [0.05, 0.1) is 6.10 Å². The average molecular weight is 302 g/mol. The molecule has 1 saturated carbocycles. The van der Waals surface area contributed by atoms with Crippen LogP contribution in [0, 0.1) is 16.7 Å². The van der Waals surface area contributed by atoms with Crippen LogP contribution in [0.5, 0.6) is 5.75 Å². The van der Waals surface area contributed by atoms with E-state index in [1.54, 1.807) is 6.92 Å². The Kier molecular flexibility index (Phi) is 5.82. The van der Waals surface area contributed by atoms with Crippen LogP contribution in [0.15, 0.2) is 24.3 Å². The molecule has 1 aliphatic carbocycles. The fraction of sp³-hybridized carbons (Fsp3) is 0.611. The highest BCUT2D eigenvalue weighted by molar-refractivity contribution is 5.27. The van der Waals surface area contributed by atoms with Gasteiger partial charge in [0.15, 0.2) is 6.10 Å². The number of aliphatic hydroxyl groups is 1. The molecule has 1 aromatic rings. The second-order valence-electron chi connectivity index (χ2n) is 6.55. The molecule has 2 rings (SSSR count). The van der Waals surface area contributed by atoms with Crippen molar-refractivity contribution < 1.29 is 9.84 Å². The lowest BCUT2D eigenvalue weighted by molar-refractivity contribution is 0.00115. The topological polar surface area (TPSA) is 65.3 Å². The van der Waals surface area contributed by atoms with Crippen LogP contribution in [0.2, 0.25) is 0 Å². The van der Waals surface area contributed by atoms with Crippen LogP contribution in [-0.2, 0) is 6.54 Å². The summed E-state index contributed by atoms with van der Waals surface area (Å²) in [6.07, 6.45) is 3.72. The zero-order valence-corrected chi connectivity index (χ0v) is 13.5. The van der Waals surface area contributed by atoms with Gasteiger partial charge in [-0.15, -0.1) is 0 Å². The minimum atomic E-state index is -0.434. The second-order valence-corrected chi connectivity index (χ2v) is 6.55. The Bertz CT molecular complexity index is 509. The summed E-state index contributed by atoms with van der Waals surface area (Å²) in [7, 11) is 0. The summed E-state index contributed by atoms with van der Waals surface area (Å²) in [5, 5.41) is 22.4. The molecule has 22 heavy (non-hydrogen) atoms. The summed E-state index contributed by atoms with van der Waals surface area (Å²) < 4.78 is 5.43. The molecule has 1 fully saturated rings. The summed E-state index contributed by atoms with van der Waals surface area (Å²) in [5.74, 6) is 0.715.